The molecule has 3 rings (SSSR count). The number of benzene rings is 1. The summed E-state index contributed by atoms with van der Waals surface area (Å²) in [7, 11) is 2.13. The first-order valence-corrected chi connectivity index (χ1v) is 12.2. The molecule has 0 bridgehead atoms. The second-order valence-corrected chi connectivity index (χ2v) is 8.95. The second kappa shape index (κ2) is 13.2. The van der Waals surface area contributed by atoms with Gasteiger partial charge < -0.3 is 24.6 Å². The average molecular weight is 477 g/mol. The Kier molecular flexibility index (Phi) is 10.0. The summed E-state index contributed by atoms with van der Waals surface area (Å²) >= 11 is 1.24. The minimum absolute atomic E-state index is 0.130. The number of anilines is 1. The number of nitrogens with zero attached hydrogens (tertiary/aromatic N) is 2. The molecule has 1 saturated heterocycles. The molecule has 0 atom stereocenters. The van der Waals surface area contributed by atoms with Crippen LogP contribution in [0.3, 0.4) is 0 Å². The number of nitrogens with one attached hydrogen (secondary N) is 2. The highest BCUT2D eigenvalue weighted by molar-refractivity contribution is 8.00. The molecule has 0 saturated carbocycles. The number of ether oxygens (including phenoxy) is 2. The van der Waals surface area contributed by atoms with Crippen LogP contribution >= 0.6 is 11.8 Å². The molecule has 33 heavy (non-hydrogen) atoms. The Labute approximate surface area is 198 Å². The quantitative estimate of drug-likeness (QED) is 0.481. The summed E-state index contributed by atoms with van der Waals surface area (Å²) < 4.78 is 16.2. The van der Waals surface area contributed by atoms with Crippen LogP contribution in [0, 0.1) is 6.92 Å². The maximum atomic E-state index is 12.1. The fourth-order valence-corrected chi connectivity index (χ4v) is 4.10. The van der Waals surface area contributed by atoms with Gasteiger partial charge in [-0.3, -0.25) is 14.5 Å². The van der Waals surface area contributed by atoms with E-state index in [1.807, 2.05) is 24.3 Å². The number of thioether (sulfide) groups is 1. The van der Waals surface area contributed by atoms with E-state index in [2.05, 4.69) is 27.7 Å². The largest absolute Gasteiger partial charge is 0.492 e. The highest BCUT2D eigenvalue weighted by atomic mass is 32.2. The van der Waals surface area contributed by atoms with Crippen molar-refractivity contribution < 1.29 is 23.6 Å². The standard InChI is InChI=1S/C23H32N4O5S/c1-17-12-21(26-32-17)25-23(29)16-33-15-22(28)24-14-18-4-3-5-20(13-18)31-11-8-27(2)19-6-9-30-10-7-19/h3-5,12-13,19H,6-11,14-16H2,1-2H3,(H,24,28)(H,25,26,29). The van der Waals surface area contributed by atoms with Crippen LogP contribution in [-0.2, 0) is 20.9 Å². The van der Waals surface area contributed by atoms with Crippen molar-refractivity contribution in [3.8, 4) is 5.75 Å². The van der Waals surface area contributed by atoms with E-state index < -0.39 is 0 Å². The number of aryl methyl sites for hydroxylation is 1. The fourth-order valence-electron chi connectivity index (χ4n) is 3.45. The molecule has 1 aromatic heterocycles. The topological polar surface area (TPSA) is 106 Å². The minimum atomic E-state index is -0.228. The summed E-state index contributed by atoms with van der Waals surface area (Å²) in [5.41, 5.74) is 0.961. The SMILES string of the molecule is Cc1cc(NC(=O)CSCC(=O)NCc2cccc(OCCN(C)C3CCOCC3)c2)no1. The van der Waals surface area contributed by atoms with Gasteiger partial charge in [0.05, 0.1) is 11.5 Å². The third-order valence-corrected chi connectivity index (χ3v) is 6.21. The number of likely N-dealkylation sites (N-methyl/N-ethyl adjacent to an activating group) is 1. The highest BCUT2D eigenvalue weighted by Gasteiger charge is 2.18. The summed E-state index contributed by atoms with van der Waals surface area (Å²) in [6.07, 6.45) is 2.13. The number of rotatable bonds is 12. The fraction of sp³-hybridized carbons (Fsp3) is 0.522. The number of hydrogen-bond donors (Lipinski definition) is 2. The molecule has 0 radical (unpaired) electrons. The van der Waals surface area contributed by atoms with E-state index in [-0.39, 0.29) is 23.3 Å². The molecule has 2 aromatic rings. The molecule has 2 heterocycles. The smallest absolute Gasteiger partial charge is 0.235 e. The van der Waals surface area contributed by atoms with Gasteiger partial charge in [0.15, 0.2) is 5.82 Å². The van der Waals surface area contributed by atoms with Crippen LogP contribution in [0.1, 0.15) is 24.2 Å². The van der Waals surface area contributed by atoms with Gasteiger partial charge in [-0.1, -0.05) is 17.3 Å². The van der Waals surface area contributed by atoms with Gasteiger partial charge in [-0.15, -0.1) is 11.8 Å². The normalized spacial score (nSPS) is 14.3. The molecule has 2 amide bonds. The Morgan fingerprint density at radius 3 is 2.76 bits per heavy atom. The lowest BCUT2D eigenvalue weighted by molar-refractivity contribution is -0.118. The summed E-state index contributed by atoms with van der Waals surface area (Å²) in [6, 6.07) is 9.92. The Bertz CT molecular complexity index is 900. The van der Waals surface area contributed by atoms with E-state index in [1.165, 1.54) is 11.8 Å². The number of amides is 2. The molecular formula is C23H32N4O5S. The summed E-state index contributed by atoms with van der Waals surface area (Å²) in [6.45, 7) is 5.28. The van der Waals surface area contributed by atoms with Crippen molar-refractivity contribution in [2.75, 3.05) is 50.2 Å². The molecule has 0 aliphatic carbocycles. The average Bonchev–Trinajstić information content (AvgIpc) is 3.22. The van der Waals surface area contributed by atoms with E-state index >= 15 is 0 Å². The number of carbonyl (C=O) groups excluding carboxylic acids is 2. The van der Waals surface area contributed by atoms with Gasteiger partial charge in [-0.05, 0) is 44.5 Å². The molecule has 1 aromatic carbocycles. The third kappa shape index (κ3) is 9.07. The lowest BCUT2D eigenvalue weighted by Crippen LogP contribution is -2.38. The van der Waals surface area contributed by atoms with Gasteiger partial charge in [0, 0.05) is 38.4 Å². The van der Waals surface area contributed by atoms with E-state index in [1.54, 1.807) is 13.0 Å². The van der Waals surface area contributed by atoms with Crippen molar-refractivity contribution >= 4 is 29.4 Å². The molecule has 2 N–H and O–H groups in total. The van der Waals surface area contributed by atoms with Gasteiger partial charge in [0.2, 0.25) is 11.8 Å². The van der Waals surface area contributed by atoms with Crippen molar-refractivity contribution in [2.24, 2.45) is 0 Å². The number of hydrogen-bond acceptors (Lipinski definition) is 8. The van der Waals surface area contributed by atoms with Crippen LogP contribution in [0.2, 0.25) is 0 Å². The maximum absolute atomic E-state index is 12.1. The summed E-state index contributed by atoms with van der Waals surface area (Å²) in [5, 5.41) is 9.20. The minimum Gasteiger partial charge on any atom is -0.492 e. The molecule has 1 fully saturated rings. The molecule has 9 nitrogen and oxygen atoms in total. The van der Waals surface area contributed by atoms with Crippen LogP contribution in [-0.4, -0.2) is 72.8 Å². The number of carbonyl (C=O) groups is 2. The monoisotopic (exact) mass is 476 g/mol. The van der Waals surface area contributed by atoms with E-state index in [9.17, 15) is 9.59 Å². The second-order valence-electron chi connectivity index (χ2n) is 7.96. The highest BCUT2D eigenvalue weighted by Crippen LogP contribution is 2.15. The van der Waals surface area contributed by atoms with Crippen LogP contribution < -0.4 is 15.4 Å². The van der Waals surface area contributed by atoms with Gasteiger partial charge in [0.1, 0.15) is 18.1 Å². The lowest BCUT2D eigenvalue weighted by Gasteiger charge is -2.31. The summed E-state index contributed by atoms with van der Waals surface area (Å²) in [5.74, 6) is 1.78. The van der Waals surface area contributed by atoms with Crippen molar-refractivity contribution in [3.05, 3.63) is 41.7 Å². The zero-order valence-corrected chi connectivity index (χ0v) is 20.0. The Hall–Kier alpha value is -2.56. The Balaban J connectivity index is 1.30. The summed E-state index contributed by atoms with van der Waals surface area (Å²) in [4.78, 5) is 26.3. The van der Waals surface area contributed by atoms with E-state index in [4.69, 9.17) is 14.0 Å². The predicted molar refractivity (Wildman–Crippen MR) is 127 cm³/mol. The van der Waals surface area contributed by atoms with Crippen LogP contribution in [0.5, 0.6) is 5.75 Å². The van der Waals surface area contributed by atoms with Crippen molar-refractivity contribution in [1.82, 2.24) is 15.4 Å². The molecular weight excluding hydrogens is 444 g/mol. The number of aromatic nitrogens is 1. The zero-order chi connectivity index (χ0) is 23.5. The Morgan fingerprint density at radius 1 is 1.21 bits per heavy atom. The molecule has 1 aliphatic heterocycles. The third-order valence-electron chi connectivity index (χ3n) is 5.28. The Morgan fingerprint density at radius 2 is 2.00 bits per heavy atom. The van der Waals surface area contributed by atoms with Crippen molar-refractivity contribution in [1.29, 1.82) is 0 Å². The van der Waals surface area contributed by atoms with Gasteiger partial charge in [-0.2, -0.15) is 0 Å². The van der Waals surface area contributed by atoms with Crippen molar-refractivity contribution in [3.63, 3.8) is 0 Å². The van der Waals surface area contributed by atoms with E-state index in [0.717, 1.165) is 43.9 Å². The van der Waals surface area contributed by atoms with Gasteiger partial charge in [0.25, 0.3) is 0 Å². The zero-order valence-electron chi connectivity index (χ0n) is 19.2. The van der Waals surface area contributed by atoms with Crippen LogP contribution in [0.4, 0.5) is 5.82 Å². The first-order chi connectivity index (χ1) is 16.0. The van der Waals surface area contributed by atoms with Crippen molar-refractivity contribution in [2.45, 2.75) is 32.4 Å². The van der Waals surface area contributed by atoms with Gasteiger partial charge in [-0.25, -0.2) is 0 Å². The van der Waals surface area contributed by atoms with Crippen LogP contribution in [0.25, 0.3) is 0 Å². The molecule has 10 heteroatoms. The van der Waals surface area contributed by atoms with Gasteiger partial charge >= 0.3 is 0 Å². The lowest BCUT2D eigenvalue weighted by atomic mass is 10.1. The molecule has 0 unspecified atom stereocenters. The first-order valence-electron chi connectivity index (χ1n) is 11.1. The van der Waals surface area contributed by atoms with E-state index in [0.29, 0.717) is 30.8 Å². The molecule has 0 spiro atoms. The predicted octanol–water partition coefficient (Wildman–Crippen LogP) is 2.46. The molecule has 180 valence electrons. The van der Waals surface area contributed by atoms with Crippen LogP contribution in [0.15, 0.2) is 34.9 Å². The first kappa shape index (κ1) is 25.1. The molecule has 1 aliphatic rings. The maximum Gasteiger partial charge on any atom is 0.235 e.